The maximum atomic E-state index is 14.0. The van der Waals surface area contributed by atoms with Crippen molar-refractivity contribution in [3.05, 3.63) is 59.7 Å². The molecule has 3 N–H and O–H groups in total. The number of benzene rings is 2. The lowest BCUT2D eigenvalue weighted by Crippen LogP contribution is -2.50. The van der Waals surface area contributed by atoms with E-state index in [0.717, 1.165) is 6.07 Å². The van der Waals surface area contributed by atoms with Crippen molar-refractivity contribution in [1.82, 2.24) is 15.2 Å². The molecule has 0 aliphatic carbocycles. The van der Waals surface area contributed by atoms with E-state index in [1.54, 1.807) is 0 Å². The minimum Gasteiger partial charge on any atom is -0.478 e. The third kappa shape index (κ3) is 6.17. The molecular formula is C25H27F2N5O5S. The van der Waals surface area contributed by atoms with Crippen LogP contribution in [0.4, 0.5) is 20.3 Å². The molecule has 4 rings (SSSR count). The lowest BCUT2D eigenvalue weighted by atomic mass is 10.1. The van der Waals surface area contributed by atoms with Gasteiger partial charge in [0.2, 0.25) is 5.91 Å². The number of anilines is 2. The summed E-state index contributed by atoms with van der Waals surface area (Å²) >= 11 is 0. The summed E-state index contributed by atoms with van der Waals surface area (Å²) in [4.78, 5) is 31.8. The molecule has 13 heteroatoms. The molecular weight excluding hydrogens is 520 g/mol. The first-order chi connectivity index (χ1) is 17.9. The van der Waals surface area contributed by atoms with Crippen LogP contribution in [0.2, 0.25) is 0 Å². The van der Waals surface area contributed by atoms with Crippen molar-refractivity contribution < 1.29 is 31.9 Å². The summed E-state index contributed by atoms with van der Waals surface area (Å²) in [5, 5.41) is 12.9. The quantitative estimate of drug-likeness (QED) is 0.392. The molecule has 3 aromatic rings. The second-order valence-electron chi connectivity index (χ2n) is 9.23. The third-order valence-corrected chi connectivity index (χ3v) is 7.37. The molecule has 0 atom stereocenters. The summed E-state index contributed by atoms with van der Waals surface area (Å²) in [7, 11) is -4.49. The summed E-state index contributed by atoms with van der Waals surface area (Å²) in [5.74, 6) is -2.90. The summed E-state index contributed by atoms with van der Waals surface area (Å²) < 4.78 is 55.0. The zero-order chi connectivity index (χ0) is 27.6. The number of piperazine rings is 1. The Morgan fingerprint density at radius 3 is 2.42 bits per heavy atom. The van der Waals surface area contributed by atoms with Gasteiger partial charge >= 0.3 is 5.97 Å². The van der Waals surface area contributed by atoms with Crippen molar-refractivity contribution in [2.45, 2.75) is 24.8 Å². The van der Waals surface area contributed by atoms with Gasteiger partial charge < -0.3 is 15.3 Å². The van der Waals surface area contributed by atoms with Crippen molar-refractivity contribution in [1.29, 1.82) is 0 Å². The van der Waals surface area contributed by atoms with E-state index >= 15 is 0 Å². The van der Waals surface area contributed by atoms with Gasteiger partial charge in [-0.3, -0.25) is 14.4 Å². The largest absolute Gasteiger partial charge is 0.478 e. The predicted molar refractivity (Wildman–Crippen MR) is 138 cm³/mol. The topological polar surface area (TPSA) is 132 Å². The van der Waals surface area contributed by atoms with E-state index in [9.17, 15) is 31.9 Å². The highest BCUT2D eigenvalue weighted by atomic mass is 32.2. The van der Waals surface area contributed by atoms with Gasteiger partial charge in [0, 0.05) is 43.3 Å². The van der Waals surface area contributed by atoms with Crippen LogP contribution in [0.5, 0.6) is 0 Å². The Kier molecular flexibility index (Phi) is 7.78. The van der Waals surface area contributed by atoms with Gasteiger partial charge in [0.25, 0.3) is 10.0 Å². The van der Waals surface area contributed by atoms with Crippen LogP contribution in [0, 0.1) is 11.6 Å². The molecule has 2 heterocycles. The van der Waals surface area contributed by atoms with Gasteiger partial charge in [-0.1, -0.05) is 0 Å². The number of amides is 1. The summed E-state index contributed by atoms with van der Waals surface area (Å²) in [6.45, 7) is 6.30. The normalized spacial score (nSPS) is 14.6. The van der Waals surface area contributed by atoms with E-state index in [2.05, 4.69) is 15.0 Å². The molecule has 0 radical (unpaired) electrons. The Labute approximate surface area is 218 Å². The SMILES string of the molecule is CC(C)NC(=O)CN1CCN(c2cc(C(=O)O)c3cc(NS(=O)(=O)c4cc(F)ccc4F)ccc3n2)CC1. The lowest BCUT2D eigenvalue weighted by Gasteiger charge is -2.35. The minimum absolute atomic E-state index is 0.0356. The molecule has 1 aliphatic heterocycles. The number of carbonyl (C=O) groups is 2. The maximum absolute atomic E-state index is 14.0. The van der Waals surface area contributed by atoms with Gasteiger partial charge in [-0.15, -0.1) is 0 Å². The zero-order valence-corrected chi connectivity index (χ0v) is 21.6. The van der Waals surface area contributed by atoms with Crippen LogP contribution in [0.25, 0.3) is 10.9 Å². The number of aromatic carboxylic acids is 1. The van der Waals surface area contributed by atoms with Crippen LogP contribution in [0.1, 0.15) is 24.2 Å². The number of sulfonamides is 1. The number of halogens is 2. The lowest BCUT2D eigenvalue weighted by molar-refractivity contribution is -0.122. The number of hydrogen-bond acceptors (Lipinski definition) is 7. The molecule has 1 aliphatic rings. The fraction of sp³-hybridized carbons (Fsp3) is 0.320. The van der Waals surface area contributed by atoms with Crippen molar-refractivity contribution in [3.63, 3.8) is 0 Å². The van der Waals surface area contributed by atoms with E-state index in [-0.39, 0.29) is 35.1 Å². The van der Waals surface area contributed by atoms with Crippen LogP contribution in [0.3, 0.4) is 0 Å². The molecule has 1 saturated heterocycles. The fourth-order valence-corrected chi connectivity index (χ4v) is 5.35. The molecule has 202 valence electrons. The highest BCUT2D eigenvalue weighted by Crippen LogP contribution is 2.28. The molecule has 1 amide bonds. The number of aromatic nitrogens is 1. The summed E-state index contributed by atoms with van der Waals surface area (Å²) in [5.41, 5.74) is 0.187. The maximum Gasteiger partial charge on any atom is 0.336 e. The Morgan fingerprint density at radius 2 is 1.76 bits per heavy atom. The number of hydrogen-bond donors (Lipinski definition) is 3. The number of carboxylic acid groups (broad SMARTS) is 1. The number of pyridine rings is 1. The highest BCUT2D eigenvalue weighted by molar-refractivity contribution is 7.92. The van der Waals surface area contributed by atoms with Crippen molar-refractivity contribution in [3.8, 4) is 0 Å². The van der Waals surface area contributed by atoms with Gasteiger partial charge in [0.05, 0.1) is 17.6 Å². The molecule has 0 spiro atoms. The first-order valence-corrected chi connectivity index (χ1v) is 13.3. The van der Waals surface area contributed by atoms with Crippen LogP contribution in [-0.4, -0.2) is 74.1 Å². The smallest absolute Gasteiger partial charge is 0.336 e. The second kappa shape index (κ2) is 10.9. The van der Waals surface area contributed by atoms with Crippen molar-refractivity contribution >= 4 is 44.3 Å². The number of carboxylic acids is 1. The minimum atomic E-state index is -4.49. The number of rotatable bonds is 8. The van der Waals surface area contributed by atoms with Gasteiger partial charge in [-0.2, -0.15) is 0 Å². The molecule has 2 aromatic carbocycles. The monoisotopic (exact) mass is 547 g/mol. The van der Waals surface area contributed by atoms with Crippen LogP contribution >= 0.6 is 0 Å². The van der Waals surface area contributed by atoms with Gasteiger partial charge in [-0.05, 0) is 56.3 Å². The van der Waals surface area contributed by atoms with Crippen molar-refractivity contribution in [2.24, 2.45) is 0 Å². The van der Waals surface area contributed by atoms with E-state index < -0.39 is 32.5 Å². The number of nitrogens with zero attached hydrogens (tertiary/aromatic N) is 3. The predicted octanol–water partition coefficient (Wildman–Crippen LogP) is 2.66. The number of nitrogens with one attached hydrogen (secondary N) is 2. The van der Waals surface area contributed by atoms with E-state index in [4.69, 9.17) is 0 Å². The van der Waals surface area contributed by atoms with E-state index in [1.807, 2.05) is 23.6 Å². The highest BCUT2D eigenvalue weighted by Gasteiger charge is 2.24. The van der Waals surface area contributed by atoms with Gasteiger partial charge in [0.1, 0.15) is 22.3 Å². The molecule has 0 saturated carbocycles. The first-order valence-electron chi connectivity index (χ1n) is 11.9. The molecule has 0 unspecified atom stereocenters. The molecule has 38 heavy (non-hydrogen) atoms. The van der Waals surface area contributed by atoms with Gasteiger partial charge in [0.15, 0.2) is 0 Å². The first kappa shape index (κ1) is 27.2. The fourth-order valence-electron chi connectivity index (χ4n) is 4.21. The molecule has 1 aromatic heterocycles. The van der Waals surface area contributed by atoms with E-state index in [0.29, 0.717) is 49.6 Å². The van der Waals surface area contributed by atoms with Crippen molar-refractivity contribution in [2.75, 3.05) is 42.3 Å². The third-order valence-electron chi connectivity index (χ3n) is 5.97. The Hall–Kier alpha value is -3.84. The molecule has 1 fully saturated rings. The molecule has 0 bridgehead atoms. The van der Waals surface area contributed by atoms with Crippen LogP contribution < -0.4 is 14.9 Å². The zero-order valence-electron chi connectivity index (χ0n) is 20.7. The number of fused-ring (bicyclic) bond motifs is 1. The summed E-state index contributed by atoms with van der Waals surface area (Å²) in [6, 6.07) is 7.65. The summed E-state index contributed by atoms with van der Waals surface area (Å²) in [6.07, 6.45) is 0. The Morgan fingerprint density at radius 1 is 1.05 bits per heavy atom. The van der Waals surface area contributed by atoms with Gasteiger partial charge in [-0.25, -0.2) is 27.0 Å². The average molecular weight is 548 g/mol. The Balaban J connectivity index is 1.56. The van der Waals surface area contributed by atoms with Crippen LogP contribution in [-0.2, 0) is 14.8 Å². The number of carbonyl (C=O) groups excluding carboxylic acids is 1. The van der Waals surface area contributed by atoms with E-state index in [1.165, 1.54) is 24.3 Å². The van der Waals surface area contributed by atoms with Crippen LogP contribution in [0.15, 0.2) is 47.4 Å². The average Bonchev–Trinajstić information content (AvgIpc) is 2.84. The Bertz CT molecular complexity index is 1490. The standard InChI is InChI=1S/C25H27F2N5O5S/c1-15(2)28-24(33)14-31-7-9-32(10-8-31)23-13-19(25(34)35)18-12-17(4-6-21(18)29-23)30-38(36,37)22-11-16(26)3-5-20(22)27/h3-6,11-13,15,30H,7-10,14H2,1-2H3,(H,28,33)(H,34,35). The molecule has 10 nitrogen and oxygen atoms in total. The second-order valence-corrected chi connectivity index (χ2v) is 10.9.